The summed E-state index contributed by atoms with van der Waals surface area (Å²) in [7, 11) is 0. The highest BCUT2D eigenvalue weighted by molar-refractivity contribution is 6.32. The van der Waals surface area contributed by atoms with Crippen LogP contribution in [0, 0.1) is 6.92 Å². The van der Waals surface area contributed by atoms with Crippen LogP contribution in [0.15, 0.2) is 54.9 Å². The molecule has 0 radical (unpaired) electrons. The number of rotatable bonds is 4. The van der Waals surface area contributed by atoms with Gasteiger partial charge >= 0.3 is 0 Å². The number of halogens is 2. The maximum atomic E-state index is 12.3. The molecule has 7 heteroatoms. The van der Waals surface area contributed by atoms with Crippen molar-refractivity contribution in [3.8, 4) is 0 Å². The van der Waals surface area contributed by atoms with E-state index in [1.54, 1.807) is 30.3 Å². The zero-order valence-corrected chi connectivity index (χ0v) is 14.8. The monoisotopic (exact) mass is 372 g/mol. The van der Waals surface area contributed by atoms with Crippen molar-refractivity contribution in [2.75, 3.05) is 10.6 Å². The molecule has 0 spiro atoms. The Bertz CT molecular complexity index is 913. The second-order valence-electron chi connectivity index (χ2n) is 5.29. The normalized spacial score (nSPS) is 10.4. The van der Waals surface area contributed by atoms with Gasteiger partial charge in [-0.15, -0.1) is 0 Å². The molecule has 0 fully saturated rings. The van der Waals surface area contributed by atoms with Crippen molar-refractivity contribution >= 4 is 46.3 Å². The van der Waals surface area contributed by atoms with Crippen LogP contribution in [0.1, 0.15) is 16.1 Å². The predicted molar refractivity (Wildman–Crippen MR) is 101 cm³/mol. The first-order valence-corrected chi connectivity index (χ1v) is 8.19. The van der Waals surface area contributed by atoms with Crippen LogP contribution in [0.3, 0.4) is 0 Å². The molecule has 2 aromatic carbocycles. The van der Waals surface area contributed by atoms with Gasteiger partial charge in [0.05, 0.1) is 12.4 Å². The number of nitrogens with zero attached hydrogens (tertiary/aromatic N) is 2. The number of nitrogens with one attached hydrogen (secondary N) is 2. The Hall–Kier alpha value is -2.63. The SMILES string of the molecule is Cc1c(Cl)cccc1NC(=O)c1cnc(Nc2cccc(Cl)c2)cn1. The fourth-order valence-electron chi connectivity index (χ4n) is 2.15. The van der Waals surface area contributed by atoms with Crippen molar-refractivity contribution in [2.45, 2.75) is 6.92 Å². The Balaban J connectivity index is 1.71. The standard InChI is InChI=1S/C18H14Cl2N4O/c1-11-14(20)6-3-7-15(11)24-18(25)16-9-22-17(10-21-16)23-13-5-2-4-12(19)8-13/h2-10H,1H3,(H,22,23)(H,24,25). The van der Waals surface area contributed by atoms with Crippen LogP contribution in [-0.2, 0) is 0 Å². The summed E-state index contributed by atoms with van der Waals surface area (Å²) in [5.41, 5.74) is 2.43. The van der Waals surface area contributed by atoms with Crippen molar-refractivity contribution < 1.29 is 4.79 Å². The number of hydrogen-bond acceptors (Lipinski definition) is 4. The van der Waals surface area contributed by atoms with Gasteiger partial charge in [-0.2, -0.15) is 0 Å². The number of anilines is 3. The Morgan fingerprint density at radius 2 is 1.84 bits per heavy atom. The number of benzene rings is 2. The van der Waals surface area contributed by atoms with Gasteiger partial charge < -0.3 is 10.6 Å². The van der Waals surface area contributed by atoms with Crippen LogP contribution in [0.4, 0.5) is 17.2 Å². The molecule has 5 nitrogen and oxygen atoms in total. The first-order chi connectivity index (χ1) is 12.0. The van der Waals surface area contributed by atoms with Crippen LogP contribution in [0.25, 0.3) is 0 Å². The summed E-state index contributed by atoms with van der Waals surface area (Å²) >= 11 is 12.0. The lowest BCUT2D eigenvalue weighted by Gasteiger charge is -2.09. The molecule has 25 heavy (non-hydrogen) atoms. The second kappa shape index (κ2) is 7.51. The van der Waals surface area contributed by atoms with Gasteiger partial charge in [0.25, 0.3) is 5.91 Å². The van der Waals surface area contributed by atoms with Crippen LogP contribution < -0.4 is 10.6 Å². The highest BCUT2D eigenvalue weighted by Gasteiger charge is 2.11. The first-order valence-electron chi connectivity index (χ1n) is 7.44. The van der Waals surface area contributed by atoms with Gasteiger partial charge in [0.1, 0.15) is 11.5 Å². The predicted octanol–water partition coefficient (Wildman–Crippen LogP) is 5.09. The largest absolute Gasteiger partial charge is 0.339 e. The van der Waals surface area contributed by atoms with E-state index in [2.05, 4.69) is 20.6 Å². The molecule has 0 unspecified atom stereocenters. The molecule has 1 amide bonds. The molecule has 0 saturated carbocycles. The summed E-state index contributed by atoms with van der Waals surface area (Å²) in [6.07, 6.45) is 2.89. The molecule has 0 aliphatic carbocycles. The Morgan fingerprint density at radius 1 is 1.04 bits per heavy atom. The van der Waals surface area contributed by atoms with Gasteiger partial charge in [-0.05, 0) is 42.8 Å². The maximum absolute atomic E-state index is 12.3. The van der Waals surface area contributed by atoms with Crippen LogP contribution in [0.2, 0.25) is 10.0 Å². The van der Waals surface area contributed by atoms with E-state index in [-0.39, 0.29) is 11.6 Å². The number of amides is 1. The Labute approximate surface area is 155 Å². The molecule has 126 valence electrons. The van der Waals surface area contributed by atoms with E-state index in [9.17, 15) is 4.79 Å². The van der Waals surface area contributed by atoms with Gasteiger partial charge in [-0.3, -0.25) is 4.79 Å². The fraction of sp³-hybridized carbons (Fsp3) is 0.0556. The minimum Gasteiger partial charge on any atom is -0.339 e. The highest BCUT2D eigenvalue weighted by atomic mass is 35.5. The lowest BCUT2D eigenvalue weighted by molar-refractivity contribution is 0.102. The number of hydrogen-bond donors (Lipinski definition) is 2. The summed E-state index contributed by atoms with van der Waals surface area (Å²) in [5.74, 6) is 0.157. The molecular weight excluding hydrogens is 359 g/mol. The Kier molecular flexibility index (Phi) is 5.16. The lowest BCUT2D eigenvalue weighted by atomic mass is 10.2. The molecule has 0 bridgehead atoms. The zero-order chi connectivity index (χ0) is 17.8. The smallest absolute Gasteiger partial charge is 0.275 e. The van der Waals surface area contributed by atoms with Crippen molar-refractivity contribution in [1.29, 1.82) is 0 Å². The molecule has 0 atom stereocenters. The quantitative estimate of drug-likeness (QED) is 0.669. The molecule has 3 rings (SSSR count). The van der Waals surface area contributed by atoms with Gasteiger partial charge in [0, 0.05) is 21.4 Å². The molecule has 2 N–H and O–H groups in total. The summed E-state index contributed by atoms with van der Waals surface area (Å²) in [6, 6.07) is 12.6. The number of aromatic nitrogens is 2. The van der Waals surface area contributed by atoms with E-state index in [4.69, 9.17) is 23.2 Å². The highest BCUT2D eigenvalue weighted by Crippen LogP contribution is 2.23. The van der Waals surface area contributed by atoms with Crippen molar-refractivity contribution in [3.05, 3.63) is 76.2 Å². The third kappa shape index (κ3) is 4.26. The van der Waals surface area contributed by atoms with Crippen LogP contribution >= 0.6 is 23.2 Å². The third-order valence-corrected chi connectivity index (χ3v) is 4.14. The van der Waals surface area contributed by atoms with Gasteiger partial charge in [-0.25, -0.2) is 9.97 Å². The van der Waals surface area contributed by atoms with E-state index >= 15 is 0 Å². The van der Waals surface area contributed by atoms with Crippen molar-refractivity contribution in [1.82, 2.24) is 9.97 Å². The maximum Gasteiger partial charge on any atom is 0.275 e. The summed E-state index contributed by atoms with van der Waals surface area (Å²) in [5, 5.41) is 7.05. The van der Waals surface area contributed by atoms with Crippen molar-refractivity contribution in [2.24, 2.45) is 0 Å². The summed E-state index contributed by atoms with van der Waals surface area (Å²) < 4.78 is 0. The Morgan fingerprint density at radius 3 is 2.56 bits per heavy atom. The average Bonchev–Trinajstić information content (AvgIpc) is 2.59. The van der Waals surface area contributed by atoms with Gasteiger partial charge in [-0.1, -0.05) is 35.3 Å². The van der Waals surface area contributed by atoms with Crippen LogP contribution in [-0.4, -0.2) is 15.9 Å². The van der Waals surface area contributed by atoms with E-state index in [1.807, 2.05) is 19.1 Å². The van der Waals surface area contributed by atoms with E-state index in [0.717, 1.165) is 11.3 Å². The summed E-state index contributed by atoms with van der Waals surface area (Å²) in [4.78, 5) is 20.6. The molecule has 1 heterocycles. The topological polar surface area (TPSA) is 66.9 Å². The van der Waals surface area contributed by atoms with E-state index < -0.39 is 0 Å². The third-order valence-electron chi connectivity index (χ3n) is 3.50. The zero-order valence-electron chi connectivity index (χ0n) is 13.3. The summed E-state index contributed by atoms with van der Waals surface area (Å²) in [6.45, 7) is 1.83. The van der Waals surface area contributed by atoms with Gasteiger partial charge in [0.15, 0.2) is 0 Å². The van der Waals surface area contributed by atoms with Crippen molar-refractivity contribution in [3.63, 3.8) is 0 Å². The molecule has 0 saturated heterocycles. The molecule has 0 aliphatic rings. The molecule has 1 aromatic heterocycles. The first kappa shape index (κ1) is 17.2. The molecule has 3 aromatic rings. The van der Waals surface area contributed by atoms with E-state index in [0.29, 0.717) is 21.6 Å². The lowest BCUT2D eigenvalue weighted by Crippen LogP contribution is -2.15. The average molecular weight is 373 g/mol. The second-order valence-corrected chi connectivity index (χ2v) is 6.13. The molecular formula is C18H14Cl2N4O. The van der Waals surface area contributed by atoms with E-state index in [1.165, 1.54) is 12.4 Å². The minimum atomic E-state index is -0.354. The fourth-order valence-corrected chi connectivity index (χ4v) is 2.52. The number of carbonyl (C=O) groups excluding carboxylic acids is 1. The van der Waals surface area contributed by atoms with Crippen LogP contribution in [0.5, 0.6) is 0 Å². The minimum absolute atomic E-state index is 0.205. The molecule has 0 aliphatic heterocycles. The number of carbonyl (C=O) groups is 1. The van der Waals surface area contributed by atoms with Gasteiger partial charge in [0.2, 0.25) is 0 Å².